The summed E-state index contributed by atoms with van der Waals surface area (Å²) < 4.78 is 0. The Morgan fingerprint density at radius 3 is 2.52 bits per heavy atom. The van der Waals surface area contributed by atoms with Crippen LogP contribution in [0.4, 0.5) is 0 Å². The summed E-state index contributed by atoms with van der Waals surface area (Å²) in [5.41, 5.74) is 2.68. The lowest BCUT2D eigenvalue weighted by Gasteiger charge is -2.13. The van der Waals surface area contributed by atoms with Gasteiger partial charge in [0.1, 0.15) is 9.88 Å². The minimum atomic E-state index is -0.218. The fourth-order valence-corrected chi connectivity index (χ4v) is 3.46. The minimum absolute atomic E-state index is 0.218. The second-order valence-corrected chi connectivity index (χ2v) is 6.75. The van der Waals surface area contributed by atoms with Gasteiger partial charge in [0.05, 0.1) is 12.8 Å². The van der Waals surface area contributed by atoms with E-state index in [0.717, 1.165) is 16.1 Å². The molecule has 0 saturated carbocycles. The lowest BCUT2D eigenvalue weighted by molar-refractivity contribution is -0.0754. The van der Waals surface area contributed by atoms with Gasteiger partial charge in [-0.05, 0) is 29.8 Å². The van der Waals surface area contributed by atoms with Crippen molar-refractivity contribution in [3.05, 3.63) is 69.9 Å². The van der Waals surface area contributed by atoms with Gasteiger partial charge in [-0.1, -0.05) is 23.7 Å². The van der Waals surface area contributed by atoms with E-state index in [-0.39, 0.29) is 5.91 Å². The largest absolute Gasteiger partial charge is 0.289 e. The van der Waals surface area contributed by atoms with Crippen LogP contribution in [0.2, 0.25) is 5.02 Å². The van der Waals surface area contributed by atoms with E-state index in [1.807, 2.05) is 36.4 Å². The van der Waals surface area contributed by atoms with Crippen LogP contribution in [0.3, 0.4) is 0 Å². The van der Waals surface area contributed by atoms with E-state index in [9.17, 15) is 4.79 Å². The topological polar surface area (TPSA) is 55.3 Å². The quantitative estimate of drug-likeness (QED) is 0.632. The number of benzene rings is 1. The van der Waals surface area contributed by atoms with Crippen LogP contribution in [0.1, 0.15) is 20.9 Å². The monoisotopic (exact) mass is 373 g/mol. The third-order valence-corrected chi connectivity index (χ3v) is 5.05. The average molecular weight is 374 g/mol. The molecule has 0 spiro atoms. The highest BCUT2D eigenvalue weighted by atomic mass is 35.5. The first kappa shape index (κ1) is 17.5. The van der Waals surface area contributed by atoms with Crippen LogP contribution in [0.25, 0.3) is 10.6 Å². The summed E-state index contributed by atoms with van der Waals surface area (Å²) in [5, 5.41) is 2.66. The average Bonchev–Trinajstić information content (AvgIpc) is 3.07. The van der Waals surface area contributed by atoms with E-state index in [1.165, 1.54) is 23.5 Å². The zero-order chi connectivity index (χ0) is 17.8. The Bertz CT molecular complexity index is 866. The predicted octanol–water partition coefficient (Wildman–Crippen LogP) is 4.08. The standard InChI is InChI=1S/C18H16ClN3O2S/c1-22(24-2)18(23)16-15(11-12-3-5-14(19)6-4-12)21-17(25-16)13-7-9-20-10-8-13/h3-10H,11H2,1-2H3. The molecule has 3 rings (SSSR count). The molecular formula is C18H16ClN3O2S. The first-order valence-corrected chi connectivity index (χ1v) is 8.74. The Balaban J connectivity index is 2.00. The first-order valence-electron chi connectivity index (χ1n) is 7.55. The molecule has 25 heavy (non-hydrogen) atoms. The number of pyridine rings is 1. The number of halogens is 1. The molecule has 1 amide bonds. The van der Waals surface area contributed by atoms with E-state index in [2.05, 4.69) is 4.98 Å². The molecule has 0 aliphatic carbocycles. The molecule has 0 saturated heterocycles. The lowest BCUT2D eigenvalue weighted by Crippen LogP contribution is -2.25. The summed E-state index contributed by atoms with van der Waals surface area (Å²) >= 11 is 7.29. The summed E-state index contributed by atoms with van der Waals surface area (Å²) in [5.74, 6) is -0.218. The van der Waals surface area contributed by atoms with Gasteiger partial charge in [0, 0.05) is 36.4 Å². The number of carbonyl (C=O) groups excluding carboxylic acids is 1. The summed E-state index contributed by atoms with van der Waals surface area (Å²) in [6.07, 6.45) is 3.95. The Hall–Kier alpha value is -2.28. The molecule has 0 aliphatic rings. The molecule has 7 heteroatoms. The highest BCUT2D eigenvalue weighted by molar-refractivity contribution is 7.17. The SMILES string of the molecule is CON(C)C(=O)c1sc(-c2ccncc2)nc1Cc1ccc(Cl)cc1. The van der Waals surface area contributed by atoms with Gasteiger partial charge in [0.15, 0.2) is 0 Å². The molecule has 0 bridgehead atoms. The molecule has 3 aromatic rings. The normalized spacial score (nSPS) is 10.7. The number of carbonyl (C=O) groups is 1. The molecule has 0 fully saturated rings. The van der Waals surface area contributed by atoms with Crippen LogP contribution < -0.4 is 0 Å². The highest BCUT2D eigenvalue weighted by Crippen LogP contribution is 2.30. The number of hydrogen-bond acceptors (Lipinski definition) is 5. The predicted molar refractivity (Wildman–Crippen MR) is 98.7 cm³/mol. The molecule has 2 heterocycles. The number of hydroxylamine groups is 2. The van der Waals surface area contributed by atoms with Crippen molar-refractivity contribution in [1.82, 2.24) is 15.0 Å². The van der Waals surface area contributed by atoms with Crippen LogP contribution in [0.15, 0.2) is 48.8 Å². The van der Waals surface area contributed by atoms with Crippen molar-refractivity contribution in [1.29, 1.82) is 0 Å². The van der Waals surface area contributed by atoms with Gasteiger partial charge >= 0.3 is 0 Å². The molecule has 0 N–H and O–H groups in total. The summed E-state index contributed by atoms with van der Waals surface area (Å²) in [4.78, 5) is 26.9. The molecule has 5 nitrogen and oxygen atoms in total. The molecular weight excluding hydrogens is 358 g/mol. The molecule has 2 aromatic heterocycles. The third kappa shape index (κ3) is 4.04. The maximum Gasteiger partial charge on any atom is 0.289 e. The smallest absolute Gasteiger partial charge is 0.274 e. The fourth-order valence-electron chi connectivity index (χ4n) is 2.28. The first-order chi connectivity index (χ1) is 12.1. The summed E-state index contributed by atoms with van der Waals surface area (Å²) in [6, 6.07) is 11.3. The van der Waals surface area contributed by atoms with Crippen LogP contribution in [-0.2, 0) is 11.3 Å². The van der Waals surface area contributed by atoms with Gasteiger partial charge < -0.3 is 0 Å². The number of thiazole rings is 1. The molecule has 0 atom stereocenters. The summed E-state index contributed by atoms with van der Waals surface area (Å²) in [7, 11) is 3.04. The van der Waals surface area contributed by atoms with Crippen LogP contribution >= 0.6 is 22.9 Å². The van der Waals surface area contributed by atoms with Gasteiger partial charge in [-0.3, -0.25) is 14.6 Å². The van der Waals surface area contributed by atoms with E-state index >= 15 is 0 Å². The molecule has 0 unspecified atom stereocenters. The maximum absolute atomic E-state index is 12.6. The van der Waals surface area contributed by atoms with E-state index in [1.54, 1.807) is 19.4 Å². The Kier molecular flexibility index (Phi) is 5.43. The second-order valence-electron chi connectivity index (χ2n) is 5.32. The van der Waals surface area contributed by atoms with Gasteiger partial charge in [-0.15, -0.1) is 11.3 Å². The van der Waals surface area contributed by atoms with Gasteiger partial charge in [0.25, 0.3) is 5.91 Å². The minimum Gasteiger partial charge on any atom is -0.274 e. The van der Waals surface area contributed by atoms with Crippen molar-refractivity contribution in [2.45, 2.75) is 6.42 Å². The Morgan fingerprint density at radius 1 is 1.20 bits per heavy atom. The number of rotatable bonds is 5. The van der Waals surface area contributed by atoms with Gasteiger partial charge in [-0.25, -0.2) is 10.0 Å². The summed E-state index contributed by atoms with van der Waals surface area (Å²) in [6.45, 7) is 0. The van der Waals surface area contributed by atoms with Crippen LogP contribution in [0, 0.1) is 0 Å². The number of hydrogen-bond donors (Lipinski definition) is 0. The van der Waals surface area contributed by atoms with Crippen LogP contribution in [-0.4, -0.2) is 35.1 Å². The van der Waals surface area contributed by atoms with Crippen molar-refractivity contribution < 1.29 is 9.63 Å². The Labute approximate surface area is 154 Å². The number of amides is 1. The molecule has 0 radical (unpaired) electrons. The molecule has 0 aliphatic heterocycles. The van der Waals surface area contributed by atoms with Gasteiger partial charge in [0.2, 0.25) is 0 Å². The zero-order valence-electron chi connectivity index (χ0n) is 13.8. The van der Waals surface area contributed by atoms with Crippen molar-refractivity contribution in [2.24, 2.45) is 0 Å². The molecule has 128 valence electrons. The maximum atomic E-state index is 12.6. The molecule has 1 aromatic carbocycles. The zero-order valence-corrected chi connectivity index (χ0v) is 15.3. The van der Waals surface area contributed by atoms with Crippen molar-refractivity contribution >= 4 is 28.8 Å². The lowest BCUT2D eigenvalue weighted by atomic mass is 10.1. The Morgan fingerprint density at radius 2 is 1.88 bits per heavy atom. The fraction of sp³-hybridized carbons (Fsp3) is 0.167. The third-order valence-electron chi connectivity index (χ3n) is 3.66. The van der Waals surface area contributed by atoms with Crippen LogP contribution in [0.5, 0.6) is 0 Å². The van der Waals surface area contributed by atoms with E-state index < -0.39 is 0 Å². The van der Waals surface area contributed by atoms with E-state index in [0.29, 0.717) is 22.0 Å². The number of nitrogens with zero attached hydrogens (tertiary/aromatic N) is 3. The van der Waals surface area contributed by atoms with Crippen molar-refractivity contribution in [3.8, 4) is 10.6 Å². The number of aromatic nitrogens is 2. The van der Waals surface area contributed by atoms with Gasteiger partial charge in [-0.2, -0.15) is 0 Å². The van der Waals surface area contributed by atoms with Crippen molar-refractivity contribution in [2.75, 3.05) is 14.2 Å². The second kappa shape index (κ2) is 7.74. The van der Waals surface area contributed by atoms with E-state index in [4.69, 9.17) is 21.4 Å². The van der Waals surface area contributed by atoms with Crippen molar-refractivity contribution in [3.63, 3.8) is 0 Å². The highest BCUT2D eigenvalue weighted by Gasteiger charge is 2.22.